The van der Waals surface area contributed by atoms with Gasteiger partial charge in [0.2, 0.25) is 0 Å². The number of benzene rings is 5. The first-order chi connectivity index (χ1) is 11.7. The topological polar surface area (TPSA) is 40.5 Å². The molecular formula is C22H14O2. The molecule has 0 saturated heterocycles. The van der Waals surface area contributed by atoms with Crippen LogP contribution in [0.4, 0.5) is 0 Å². The normalized spacial score (nSPS) is 11.7. The molecule has 2 nitrogen and oxygen atoms in total. The average Bonchev–Trinajstić information content (AvgIpc) is 2.62. The standard InChI is InChI=1S/C22H14O2/c23-21-17-7-3-1-5-13(17)9-15-11-20-16(12-19(15)21)10-14-6-2-4-8-18(14)22(20)24/h1-12,23-24H. The van der Waals surface area contributed by atoms with Gasteiger partial charge in [0.25, 0.3) is 0 Å². The van der Waals surface area contributed by atoms with E-state index in [0.717, 1.165) is 43.1 Å². The van der Waals surface area contributed by atoms with Crippen LogP contribution in [-0.4, -0.2) is 10.2 Å². The highest BCUT2D eigenvalue weighted by Crippen LogP contribution is 2.40. The van der Waals surface area contributed by atoms with Crippen LogP contribution in [0.15, 0.2) is 72.8 Å². The Kier molecular flexibility index (Phi) is 2.54. The van der Waals surface area contributed by atoms with E-state index < -0.39 is 0 Å². The fourth-order valence-electron chi connectivity index (χ4n) is 3.58. The van der Waals surface area contributed by atoms with Crippen molar-refractivity contribution >= 4 is 43.1 Å². The third kappa shape index (κ3) is 1.71. The summed E-state index contributed by atoms with van der Waals surface area (Å²) in [4.78, 5) is 0. The number of hydrogen-bond acceptors (Lipinski definition) is 2. The molecule has 0 fully saturated rings. The highest BCUT2D eigenvalue weighted by atomic mass is 16.3. The third-order valence-electron chi connectivity index (χ3n) is 4.79. The van der Waals surface area contributed by atoms with Crippen LogP contribution in [0, 0.1) is 0 Å². The first kappa shape index (κ1) is 13.2. The number of hydrogen-bond donors (Lipinski definition) is 2. The molecule has 0 aliphatic carbocycles. The largest absolute Gasteiger partial charge is 0.507 e. The van der Waals surface area contributed by atoms with E-state index in [1.165, 1.54) is 0 Å². The van der Waals surface area contributed by atoms with Crippen molar-refractivity contribution in [3.05, 3.63) is 72.8 Å². The van der Waals surface area contributed by atoms with Gasteiger partial charge in [0.1, 0.15) is 11.5 Å². The zero-order valence-corrected chi connectivity index (χ0v) is 12.8. The highest BCUT2D eigenvalue weighted by Gasteiger charge is 2.11. The van der Waals surface area contributed by atoms with E-state index in [4.69, 9.17) is 0 Å². The summed E-state index contributed by atoms with van der Waals surface area (Å²) in [5.41, 5.74) is 0. The maximum absolute atomic E-state index is 10.7. The SMILES string of the molecule is Oc1c2ccccc2cc2cc3c(O)c4ccccc4cc3cc12. The van der Waals surface area contributed by atoms with E-state index in [2.05, 4.69) is 12.1 Å². The molecule has 2 N–H and O–H groups in total. The molecule has 114 valence electrons. The molecular weight excluding hydrogens is 296 g/mol. The summed E-state index contributed by atoms with van der Waals surface area (Å²) in [6.45, 7) is 0. The Morgan fingerprint density at radius 1 is 0.417 bits per heavy atom. The minimum absolute atomic E-state index is 0.289. The van der Waals surface area contributed by atoms with Crippen LogP contribution < -0.4 is 0 Å². The Labute approximate surface area is 138 Å². The molecule has 0 aliphatic heterocycles. The van der Waals surface area contributed by atoms with Gasteiger partial charge >= 0.3 is 0 Å². The lowest BCUT2D eigenvalue weighted by atomic mass is 9.96. The van der Waals surface area contributed by atoms with E-state index in [0.29, 0.717) is 0 Å². The summed E-state index contributed by atoms with van der Waals surface area (Å²) < 4.78 is 0. The summed E-state index contributed by atoms with van der Waals surface area (Å²) >= 11 is 0. The van der Waals surface area contributed by atoms with Gasteiger partial charge < -0.3 is 10.2 Å². The molecule has 0 aliphatic rings. The van der Waals surface area contributed by atoms with Gasteiger partial charge in [-0.05, 0) is 45.8 Å². The van der Waals surface area contributed by atoms with Crippen molar-refractivity contribution in [1.82, 2.24) is 0 Å². The van der Waals surface area contributed by atoms with E-state index >= 15 is 0 Å². The summed E-state index contributed by atoms with van der Waals surface area (Å²) in [5, 5.41) is 28.5. The van der Waals surface area contributed by atoms with Crippen molar-refractivity contribution in [2.75, 3.05) is 0 Å². The van der Waals surface area contributed by atoms with Crippen LogP contribution in [0.5, 0.6) is 11.5 Å². The summed E-state index contributed by atoms with van der Waals surface area (Å²) in [5.74, 6) is 0.579. The minimum atomic E-state index is 0.289. The fourth-order valence-corrected chi connectivity index (χ4v) is 3.58. The average molecular weight is 310 g/mol. The molecule has 5 aromatic rings. The van der Waals surface area contributed by atoms with Crippen LogP contribution in [0.3, 0.4) is 0 Å². The van der Waals surface area contributed by atoms with Gasteiger partial charge in [0.15, 0.2) is 0 Å². The van der Waals surface area contributed by atoms with Gasteiger partial charge in [-0.15, -0.1) is 0 Å². The van der Waals surface area contributed by atoms with E-state index in [1.54, 1.807) is 0 Å². The summed E-state index contributed by atoms with van der Waals surface area (Å²) in [7, 11) is 0. The smallest absolute Gasteiger partial charge is 0.131 e. The Balaban J connectivity index is 2.01. The van der Waals surface area contributed by atoms with Crippen molar-refractivity contribution in [2.24, 2.45) is 0 Å². The molecule has 0 saturated carbocycles. The van der Waals surface area contributed by atoms with Crippen LogP contribution in [0.25, 0.3) is 43.1 Å². The van der Waals surface area contributed by atoms with E-state index in [-0.39, 0.29) is 11.5 Å². The second-order valence-electron chi connectivity index (χ2n) is 6.19. The third-order valence-corrected chi connectivity index (χ3v) is 4.79. The van der Waals surface area contributed by atoms with E-state index in [9.17, 15) is 10.2 Å². The van der Waals surface area contributed by atoms with Crippen LogP contribution in [-0.2, 0) is 0 Å². The Hall–Kier alpha value is -3.26. The highest BCUT2D eigenvalue weighted by molar-refractivity contribution is 6.14. The Bertz CT molecular complexity index is 1170. The predicted octanol–water partition coefficient (Wildman–Crippen LogP) is 5.71. The van der Waals surface area contributed by atoms with Crippen molar-refractivity contribution in [3.8, 4) is 11.5 Å². The molecule has 2 heteroatoms. The van der Waals surface area contributed by atoms with Crippen LogP contribution in [0.2, 0.25) is 0 Å². The lowest BCUT2D eigenvalue weighted by Crippen LogP contribution is -1.83. The van der Waals surface area contributed by atoms with Gasteiger partial charge in [0.05, 0.1) is 0 Å². The molecule has 5 rings (SSSR count). The number of phenolic OH excluding ortho intramolecular Hbond substituents is 2. The van der Waals surface area contributed by atoms with Gasteiger partial charge in [-0.2, -0.15) is 0 Å². The van der Waals surface area contributed by atoms with Gasteiger partial charge in [-0.3, -0.25) is 0 Å². The molecule has 0 unspecified atom stereocenters. The van der Waals surface area contributed by atoms with Crippen molar-refractivity contribution in [2.45, 2.75) is 0 Å². The molecule has 0 amide bonds. The van der Waals surface area contributed by atoms with Crippen molar-refractivity contribution < 1.29 is 10.2 Å². The molecule has 24 heavy (non-hydrogen) atoms. The minimum Gasteiger partial charge on any atom is -0.507 e. The molecule has 0 atom stereocenters. The predicted molar refractivity (Wildman–Crippen MR) is 99.8 cm³/mol. The molecule has 0 radical (unpaired) electrons. The van der Waals surface area contributed by atoms with Gasteiger partial charge in [-0.25, -0.2) is 0 Å². The first-order valence-corrected chi connectivity index (χ1v) is 7.91. The maximum atomic E-state index is 10.7. The van der Waals surface area contributed by atoms with Crippen molar-refractivity contribution in [1.29, 1.82) is 0 Å². The summed E-state index contributed by atoms with van der Waals surface area (Å²) in [6, 6.07) is 23.6. The molecule has 0 bridgehead atoms. The maximum Gasteiger partial charge on any atom is 0.131 e. The zero-order chi connectivity index (χ0) is 16.3. The summed E-state index contributed by atoms with van der Waals surface area (Å²) in [6.07, 6.45) is 0. The van der Waals surface area contributed by atoms with Gasteiger partial charge in [0, 0.05) is 21.5 Å². The zero-order valence-electron chi connectivity index (χ0n) is 12.8. The second-order valence-corrected chi connectivity index (χ2v) is 6.19. The molecule has 5 aromatic carbocycles. The molecule has 0 heterocycles. The van der Waals surface area contributed by atoms with Crippen molar-refractivity contribution in [3.63, 3.8) is 0 Å². The molecule has 0 aromatic heterocycles. The van der Waals surface area contributed by atoms with E-state index in [1.807, 2.05) is 60.7 Å². The quantitative estimate of drug-likeness (QED) is 0.360. The van der Waals surface area contributed by atoms with Crippen LogP contribution in [0.1, 0.15) is 0 Å². The Morgan fingerprint density at radius 2 is 0.833 bits per heavy atom. The lowest BCUT2D eigenvalue weighted by Gasteiger charge is -2.11. The lowest BCUT2D eigenvalue weighted by molar-refractivity contribution is 0.486. The number of rotatable bonds is 0. The van der Waals surface area contributed by atoms with Gasteiger partial charge in [-0.1, -0.05) is 48.5 Å². The number of phenols is 2. The van der Waals surface area contributed by atoms with Crippen LogP contribution >= 0.6 is 0 Å². The fraction of sp³-hybridized carbons (Fsp3) is 0. The monoisotopic (exact) mass is 310 g/mol. The molecule has 0 spiro atoms. The number of aromatic hydroxyl groups is 2. The Morgan fingerprint density at radius 3 is 1.29 bits per heavy atom. The number of fused-ring (bicyclic) bond motifs is 4. The first-order valence-electron chi connectivity index (χ1n) is 7.91. The second kappa shape index (κ2) is 4.62.